The van der Waals surface area contributed by atoms with E-state index in [1.54, 1.807) is 0 Å². The first-order chi connectivity index (χ1) is 4.74. The van der Waals surface area contributed by atoms with Gasteiger partial charge in [0.25, 0.3) is 0 Å². The molecule has 0 heterocycles. The zero-order valence-corrected chi connectivity index (χ0v) is 7.53. The van der Waals surface area contributed by atoms with Crippen molar-refractivity contribution < 1.29 is 0 Å². The van der Waals surface area contributed by atoms with E-state index in [-0.39, 0.29) is 0 Å². The van der Waals surface area contributed by atoms with Gasteiger partial charge in [-0.25, -0.2) is 0 Å². The number of halogens is 1. The predicted molar refractivity (Wildman–Crippen MR) is 46.6 cm³/mol. The number of rotatable bonds is 3. The summed E-state index contributed by atoms with van der Waals surface area (Å²) in [5.41, 5.74) is 0.951. The molecule has 1 aliphatic carbocycles. The lowest BCUT2D eigenvalue weighted by Crippen LogP contribution is -2.12. The molecular weight excluding hydrogens is 192 g/mol. The summed E-state index contributed by atoms with van der Waals surface area (Å²) in [6.45, 7) is 1.91. The minimum absolute atomic E-state index is 0.657. The normalized spacial score (nSPS) is 19.8. The second-order valence-corrected chi connectivity index (χ2v) is 3.35. The molecule has 0 aliphatic heterocycles. The molecule has 0 unspecified atom stereocenters. The molecule has 0 aromatic rings. The Labute approximate surface area is 69.3 Å². The molecule has 0 aromatic heterocycles. The summed E-state index contributed by atoms with van der Waals surface area (Å²) in [4.78, 5) is 0. The van der Waals surface area contributed by atoms with Gasteiger partial charge in [-0.3, -0.25) is 0 Å². The molecule has 56 valence electrons. The van der Waals surface area contributed by atoms with E-state index in [0.29, 0.717) is 6.04 Å². The van der Waals surface area contributed by atoms with Crippen molar-refractivity contribution in [1.82, 2.24) is 5.32 Å². The zero-order valence-electron chi connectivity index (χ0n) is 5.95. The summed E-state index contributed by atoms with van der Waals surface area (Å²) < 4.78 is 0.963. The highest BCUT2D eigenvalue weighted by atomic mass is 79.9. The fraction of sp³-hybridized carbons (Fsp3) is 0.571. The highest BCUT2D eigenvalue weighted by molar-refractivity contribution is 9.11. The van der Waals surface area contributed by atoms with Crippen molar-refractivity contribution in [3.8, 4) is 0 Å². The van der Waals surface area contributed by atoms with Crippen molar-refractivity contribution in [3.63, 3.8) is 0 Å². The Kier molecular flexibility index (Phi) is 2.49. The first kappa shape index (κ1) is 7.79. The minimum Gasteiger partial charge on any atom is -0.376 e. The van der Waals surface area contributed by atoms with Crippen LogP contribution in [0.2, 0.25) is 0 Å². The van der Waals surface area contributed by atoms with Crippen molar-refractivity contribution in [2.75, 3.05) is 0 Å². The third-order valence-electron chi connectivity index (χ3n) is 1.47. The standard InChI is InChI=1S/C7H11BrN2/c1-5(4-9)7(8)10-6-2-3-6/h4,6,9-10H,2-3H2,1H3/b7-5-,9-4?. The molecular formula is C7H11BrN2. The van der Waals surface area contributed by atoms with Crippen molar-refractivity contribution in [3.05, 3.63) is 10.2 Å². The fourth-order valence-corrected chi connectivity index (χ4v) is 1.02. The molecule has 3 heteroatoms. The minimum atomic E-state index is 0.657. The third-order valence-corrected chi connectivity index (χ3v) is 2.33. The van der Waals surface area contributed by atoms with Crippen molar-refractivity contribution in [2.24, 2.45) is 0 Å². The van der Waals surface area contributed by atoms with Crippen LogP contribution in [0.15, 0.2) is 10.2 Å². The molecule has 1 rings (SSSR count). The number of nitrogens with one attached hydrogen (secondary N) is 2. The Morgan fingerprint density at radius 3 is 2.70 bits per heavy atom. The Morgan fingerprint density at radius 2 is 2.30 bits per heavy atom. The average Bonchev–Trinajstić information content (AvgIpc) is 2.70. The topological polar surface area (TPSA) is 35.9 Å². The first-order valence-corrected chi connectivity index (χ1v) is 4.16. The van der Waals surface area contributed by atoms with Gasteiger partial charge < -0.3 is 10.7 Å². The van der Waals surface area contributed by atoms with Crippen molar-refractivity contribution in [1.29, 1.82) is 5.41 Å². The van der Waals surface area contributed by atoms with Crippen molar-refractivity contribution >= 4 is 22.1 Å². The van der Waals surface area contributed by atoms with E-state index in [1.165, 1.54) is 19.1 Å². The number of allylic oxidation sites excluding steroid dienone is 1. The maximum absolute atomic E-state index is 6.95. The zero-order chi connectivity index (χ0) is 7.56. The fourth-order valence-electron chi connectivity index (χ4n) is 0.584. The lowest BCUT2D eigenvalue weighted by Gasteiger charge is -2.02. The Morgan fingerprint density at radius 1 is 1.70 bits per heavy atom. The molecule has 1 saturated carbocycles. The lowest BCUT2D eigenvalue weighted by molar-refractivity contribution is 0.848. The van der Waals surface area contributed by atoms with E-state index in [0.717, 1.165) is 10.2 Å². The number of hydrogen-bond acceptors (Lipinski definition) is 2. The van der Waals surface area contributed by atoms with Crippen LogP contribution in [0.3, 0.4) is 0 Å². The Hall–Kier alpha value is -0.310. The summed E-state index contributed by atoms with van der Waals surface area (Å²) in [7, 11) is 0. The molecule has 1 aliphatic rings. The summed E-state index contributed by atoms with van der Waals surface area (Å²) in [6, 6.07) is 0.657. The molecule has 0 saturated heterocycles. The smallest absolute Gasteiger partial charge is 0.0827 e. The summed E-state index contributed by atoms with van der Waals surface area (Å²) in [6.07, 6.45) is 3.88. The maximum Gasteiger partial charge on any atom is 0.0827 e. The van der Waals surface area contributed by atoms with Gasteiger partial charge in [0.15, 0.2) is 0 Å². The maximum atomic E-state index is 6.95. The molecule has 0 spiro atoms. The molecule has 10 heavy (non-hydrogen) atoms. The van der Waals surface area contributed by atoms with Gasteiger partial charge in [-0.1, -0.05) is 0 Å². The number of hydrogen-bond donors (Lipinski definition) is 2. The Bertz CT molecular complexity index is 170. The molecule has 0 atom stereocenters. The SMILES string of the molecule is C/C(C=N)=C(\Br)NC1CC1. The molecule has 0 amide bonds. The van der Waals surface area contributed by atoms with Crippen LogP contribution in [0.5, 0.6) is 0 Å². The summed E-state index contributed by atoms with van der Waals surface area (Å²) in [5, 5.41) is 10.2. The van der Waals surface area contributed by atoms with Crippen LogP contribution in [0.4, 0.5) is 0 Å². The monoisotopic (exact) mass is 202 g/mol. The van der Waals surface area contributed by atoms with Crippen LogP contribution in [-0.4, -0.2) is 12.3 Å². The van der Waals surface area contributed by atoms with E-state index in [2.05, 4.69) is 21.2 Å². The third kappa shape index (κ3) is 2.14. The van der Waals surface area contributed by atoms with Gasteiger partial charge in [-0.2, -0.15) is 0 Å². The van der Waals surface area contributed by atoms with Crippen LogP contribution in [0, 0.1) is 5.41 Å². The van der Waals surface area contributed by atoms with Crippen LogP contribution < -0.4 is 5.32 Å². The summed E-state index contributed by atoms with van der Waals surface area (Å²) >= 11 is 3.36. The quantitative estimate of drug-likeness (QED) is 0.534. The van der Waals surface area contributed by atoms with Crippen LogP contribution in [0.1, 0.15) is 19.8 Å². The molecule has 1 fully saturated rings. The largest absolute Gasteiger partial charge is 0.376 e. The van der Waals surface area contributed by atoms with Gasteiger partial charge >= 0.3 is 0 Å². The van der Waals surface area contributed by atoms with Gasteiger partial charge in [0.2, 0.25) is 0 Å². The van der Waals surface area contributed by atoms with E-state index >= 15 is 0 Å². The molecule has 0 bridgehead atoms. The highest BCUT2D eigenvalue weighted by Gasteiger charge is 2.21. The molecule has 2 nitrogen and oxygen atoms in total. The van der Waals surface area contributed by atoms with E-state index in [4.69, 9.17) is 5.41 Å². The molecule has 0 aromatic carbocycles. The highest BCUT2D eigenvalue weighted by Crippen LogP contribution is 2.22. The van der Waals surface area contributed by atoms with Gasteiger partial charge in [0.05, 0.1) is 4.61 Å². The summed E-state index contributed by atoms with van der Waals surface area (Å²) in [5.74, 6) is 0. The second-order valence-electron chi connectivity index (χ2n) is 2.56. The van der Waals surface area contributed by atoms with Crippen LogP contribution in [-0.2, 0) is 0 Å². The molecule has 2 N–H and O–H groups in total. The van der Waals surface area contributed by atoms with Crippen molar-refractivity contribution in [2.45, 2.75) is 25.8 Å². The van der Waals surface area contributed by atoms with E-state index < -0.39 is 0 Å². The van der Waals surface area contributed by atoms with Gasteiger partial charge in [-0.15, -0.1) is 0 Å². The predicted octanol–water partition coefficient (Wildman–Crippen LogP) is 2.01. The Balaban J connectivity index is 2.43. The average molecular weight is 203 g/mol. The van der Waals surface area contributed by atoms with E-state index in [9.17, 15) is 0 Å². The lowest BCUT2D eigenvalue weighted by atomic mass is 10.4. The van der Waals surface area contributed by atoms with Gasteiger partial charge in [0.1, 0.15) is 0 Å². The van der Waals surface area contributed by atoms with E-state index in [1.807, 2.05) is 6.92 Å². The molecule has 0 radical (unpaired) electrons. The van der Waals surface area contributed by atoms with Crippen LogP contribution >= 0.6 is 15.9 Å². The first-order valence-electron chi connectivity index (χ1n) is 3.37. The second kappa shape index (κ2) is 3.19. The van der Waals surface area contributed by atoms with Crippen LogP contribution in [0.25, 0.3) is 0 Å². The van der Waals surface area contributed by atoms with Gasteiger partial charge in [-0.05, 0) is 41.3 Å². The van der Waals surface area contributed by atoms with Gasteiger partial charge in [0, 0.05) is 12.3 Å².